The zero-order valence-corrected chi connectivity index (χ0v) is 14.3. The molecule has 0 aliphatic carbocycles. The maximum Gasteiger partial charge on any atom is 0.270 e. The van der Waals surface area contributed by atoms with Crippen LogP contribution in [0.1, 0.15) is 44.8 Å². The number of carbonyl (C=O) groups excluding carboxylic acids is 2. The summed E-state index contributed by atoms with van der Waals surface area (Å²) in [5, 5.41) is 3.98. The van der Waals surface area contributed by atoms with Crippen molar-refractivity contribution in [2.45, 2.75) is 27.3 Å². The van der Waals surface area contributed by atoms with Gasteiger partial charge in [-0.15, -0.1) is 0 Å². The van der Waals surface area contributed by atoms with E-state index in [1.54, 1.807) is 12.3 Å². The maximum atomic E-state index is 12.5. The normalized spacial score (nSPS) is 15.7. The molecule has 128 valence electrons. The third kappa shape index (κ3) is 3.26. The van der Waals surface area contributed by atoms with Gasteiger partial charge in [0.15, 0.2) is 5.78 Å². The van der Waals surface area contributed by atoms with Gasteiger partial charge in [-0.25, -0.2) is 0 Å². The SMILES string of the molecule is CC(=O)c1c[nH]c(C(=O)N2CCN(Cc3c(C)noc3C)CC2)c1. The molecule has 1 amide bonds. The second kappa shape index (κ2) is 6.60. The quantitative estimate of drug-likeness (QED) is 0.864. The van der Waals surface area contributed by atoms with E-state index >= 15 is 0 Å². The number of aryl methyl sites for hydroxylation is 2. The predicted octanol–water partition coefficient (Wildman–Crippen LogP) is 1.78. The number of H-pyrrole nitrogens is 1. The number of nitrogens with one attached hydrogen (secondary N) is 1. The lowest BCUT2D eigenvalue weighted by atomic mass is 10.1. The molecule has 7 heteroatoms. The van der Waals surface area contributed by atoms with Crippen molar-refractivity contribution < 1.29 is 14.1 Å². The molecule has 0 atom stereocenters. The number of piperazine rings is 1. The van der Waals surface area contributed by atoms with Crippen molar-refractivity contribution in [3.8, 4) is 0 Å². The van der Waals surface area contributed by atoms with Crippen LogP contribution in [0.25, 0.3) is 0 Å². The number of aromatic nitrogens is 2. The molecule has 0 radical (unpaired) electrons. The van der Waals surface area contributed by atoms with Crippen LogP contribution in [0.4, 0.5) is 0 Å². The van der Waals surface area contributed by atoms with Gasteiger partial charge in [0.2, 0.25) is 0 Å². The van der Waals surface area contributed by atoms with Gasteiger partial charge in [0, 0.05) is 50.0 Å². The van der Waals surface area contributed by atoms with E-state index < -0.39 is 0 Å². The van der Waals surface area contributed by atoms with Gasteiger partial charge < -0.3 is 14.4 Å². The monoisotopic (exact) mass is 330 g/mol. The van der Waals surface area contributed by atoms with Gasteiger partial charge in [-0.3, -0.25) is 14.5 Å². The van der Waals surface area contributed by atoms with Crippen LogP contribution in [0.2, 0.25) is 0 Å². The first-order valence-electron chi connectivity index (χ1n) is 8.08. The summed E-state index contributed by atoms with van der Waals surface area (Å²) in [5.74, 6) is 0.753. The summed E-state index contributed by atoms with van der Waals surface area (Å²) >= 11 is 0. The summed E-state index contributed by atoms with van der Waals surface area (Å²) in [6.07, 6.45) is 1.59. The van der Waals surface area contributed by atoms with E-state index in [-0.39, 0.29) is 11.7 Å². The minimum atomic E-state index is -0.0560. The average molecular weight is 330 g/mol. The predicted molar refractivity (Wildman–Crippen MR) is 88.0 cm³/mol. The number of aromatic amines is 1. The Balaban J connectivity index is 1.58. The van der Waals surface area contributed by atoms with Crippen molar-refractivity contribution in [2.75, 3.05) is 26.2 Å². The molecule has 0 aromatic carbocycles. The van der Waals surface area contributed by atoms with Crippen LogP contribution in [0.15, 0.2) is 16.8 Å². The first-order valence-corrected chi connectivity index (χ1v) is 8.08. The summed E-state index contributed by atoms with van der Waals surface area (Å²) in [6.45, 7) is 9.08. The molecule has 1 saturated heterocycles. The number of Topliss-reactive ketones (excluding diaryl/α,β-unsaturated/α-hetero) is 1. The lowest BCUT2D eigenvalue weighted by Crippen LogP contribution is -2.48. The summed E-state index contributed by atoms with van der Waals surface area (Å²) in [4.78, 5) is 30.9. The number of ketones is 1. The van der Waals surface area contributed by atoms with Crippen LogP contribution in [-0.2, 0) is 6.54 Å². The van der Waals surface area contributed by atoms with Crippen molar-refractivity contribution in [3.05, 3.63) is 40.5 Å². The van der Waals surface area contributed by atoms with Crippen molar-refractivity contribution in [1.82, 2.24) is 19.9 Å². The van der Waals surface area contributed by atoms with Crippen LogP contribution >= 0.6 is 0 Å². The molecule has 24 heavy (non-hydrogen) atoms. The number of hydrogen-bond acceptors (Lipinski definition) is 5. The highest BCUT2D eigenvalue weighted by atomic mass is 16.5. The molecule has 0 saturated carbocycles. The highest BCUT2D eigenvalue weighted by Crippen LogP contribution is 2.17. The van der Waals surface area contributed by atoms with E-state index in [2.05, 4.69) is 15.0 Å². The fraction of sp³-hybridized carbons (Fsp3) is 0.471. The largest absolute Gasteiger partial charge is 0.361 e. The fourth-order valence-corrected chi connectivity index (χ4v) is 2.95. The highest BCUT2D eigenvalue weighted by Gasteiger charge is 2.24. The molecular formula is C17H22N4O3. The van der Waals surface area contributed by atoms with Crippen LogP contribution in [0.3, 0.4) is 0 Å². The Kier molecular flexibility index (Phi) is 4.53. The molecule has 1 aliphatic heterocycles. The number of amides is 1. The van der Waals surface area contributed by atoms with E-state index in [0.717, 1.165) is 36.7 Å². The summed E-state index contributed by atoms with van der Waals surface area (Å²) in [6, 6.07) is 1.63. The Morgan fingerprint density at radius 1 is 1.25 bits per heavy atom. The summed E-state index contributed by atoms with van der Waals surface area (Å²) < 4.78 is 5.20. The molecule has 3 heterocycles. The Bertz CT molecular complexity index is 734. The fourth-order valence-electron chi connectivity index (χ4n) is 2.95. The minimum absolute atomic E-state index is 0.0467. The van der Waals surface area contributed by atoms with Gasteiger partial charge >= 0.3 is 0 Å². The first-order chi connectivity index (χ1) is 11.5. The third-order valence-corrected chi connectivity index (χ3v) is 4.54. The second-order valence-electron chi connectivity index (χ2n) is 6.23. The van der Waals surface area contributed by atoms with E-state index in [1.807, 2.05) is 18.7 Å². The molecule has 2 aromatic rings. The lowest BCUT2D eigenvalue weighted by Gasteiger charge is -2.34. The lowest BCUT2D eigenvalue weighted by molar-refractivity contribution is 0.0622. The van der Waals surface area contributed by atoms with Gasteiger partial charge in [-0.1, -0.05) is 5.16 Å². The Morgan fingerprint density at radius 2 is 1.96 bits per heavy atom. The molecule has 0 spiro atoms. The third-order valence-electron chi connectivity index (χ3n) is 4.54. The number of nitrogens with zero attached hydrogens (tertiary/aromatic N) is 3. The van der Waals surface area contributed by atoms with Gasteiger partial charge in [-0.05, 0) is 26.8 Å². The molecule has 2 aromatic heterocycles. The summed E-state index contributed by atoms with van der Waals surface area (Å²) in [5.41, 5.74) is 3.06. The molecular weight excluding hydrogens is 308 g/mol. The first kappa shape index (κ1) is 16.4. The smallest absolute Gasteiger partial charge is 0.270 e. The number of carbonyl (C=O) groups is 2. The minimum Gasteiger partial charge on any atom is -0.361 e. The maximum absolute atomic E-state index is 12.5. The molecule has 7 nitrogen and oxygen atoms in total. The van der Waals surface area contributed by atoms with Crippen molar-refractivity contribution >= 4 is 11.7 Å². The second-order valence-corrected chi connectivity index (χ2v) is 6.23. The molecule has 0 unspecified atom stereocenters. The van der Waals surface area contributed by atoms with Crippen LogP contribution in [0.5, 0.6) is 0 Å². The van der Waals surface area contributed by atoms with E-state index in [9.17, 15) is 9.59 Å². The zero-order valence-electron chi connectivity index (χ0n) is 14.3. The van der Waals surface area contributed by atoms with E-state index in [1.165, 1.54) is 6.92 Å². The average Bonchev–Trinajstić information content (AvgIpc) is 3.18. The van der Waals surface area contributed by atoms with Crippen LogP contribution < -0.4 is 0 Å². The van der Waals surface area contributed by atoms with Crippen molar-refractivity contribution in [3.63, 3.8) is 0 Å². The van der Waals surface area contributed by atoms with Crippen LogP contribution in [-0.4, -0.2) is 57.8 Å². The van der Waals surface area contributed by atoms with Crippen molar-refractivity contribution in [2.24, 2.45) is 0 Å². The van der Waals surface area contributed by atoms with E-state index in [0.29, 0.717) is 24.3 Å². The van der Waals surface area contributed by atoms with Gasteiger partial charge in [-0.2, -0.15) is 0 Å². The van der Waals surface area contributed by atoms with Crippen molar-refractivity contribution in [1.29, 1.82) is 0 Å². The molecule has 0 bridgehead atoms. The van der Waals surface area contributed by atoms with Gasteiger partial charge in [0.25, 0.3) is 5.91 Å². The molecule has 1 N–H and O–H groups in total. The number of rotatable bonds is 4. The van der Waals surface area contributed by atoms with Gasteiger partial charge in [0.05, 0.1) is 5.69 Å². The Hall–Kier alpha value is -2.41. The molecule has 1 fully saturated rings. The molecule has 3 rings (SSSR count). The van der Waals surface area contributed by atoms with E-state index in [4.69, 9.17) is 4.52 Å². The van der Waals surface area contributed by atoms with Crippen LogP contribution in [0, 0.1) is 13.8 Å². The standard InChI is InChI=1S/C17H22N4O3/c1-11-15(13(3)24-19-11)10-20-4-6-21(7-5-20)17(23)16-8-14(9-18-16)12(2)22/h8-9,18H,4-7,10H2,1-3H3. The zero-order chi connectivity index (χ0) is 17.3. The van der Waals surface area contributed by atoms with Gasteiger partial charge in [0.1, 0.15) is 11.5 Å². The Labute approximate surface area is 140 Å². The Morgan fingerprint density at radius 3 is 2.50 bits per heavy atom. The number of hydrogen-bond donors (Lipinski definition) is 1. The topological polar surface area (TPSA) is 82.4 Å². The highest BCUT2D eigenvalue weighted by molar-refractivity contribution is 5.99. The molecule has 1 aliphatic rings. The summed E-state index contributed by atoms with van der Waals surface area (Å²) in [7, 11) is 0.